The zero-order valence-electron chi connectivity index (χ0n) is 10.2. The minimum atomic E-state index is -1.51. The Morgan fingerprint density at radius 2 is 1.64 bits per heavy atom. The Hall–Kier alpha value is 0.748. The van der Waals surface area contributed by atoms with Crippen LogP contribution in [-0.4, -0.2) is 43.5 Å². The van der Waals surface area contributed by atoms with Crippen LogP contribution < -0.4 is 0 Å². The van der Waals surface area contributed by atoms with Gasteiger partial charge in [-0.1, -0.05) is 0 Å². The SMILES string of the molecule is CO[SiH](C[Si](C)(C)O[SiH2])O[Si](C)(C)C. The lowest BCUT2D eigenvalue weighted by atomic mass is 11.8. The lowest BCUT2D eigenvalue weighted by molar-refractivity contribution is 0.335. The summed E-state index contributed by atoms with van der Waals surface area (Å²) in [7, 11) is -1.08. The van der Waals surface area contributed by atoms with Crippen LogP contribution in [0.2, 0.25) is 38.4 Å². The van der Waals surface area contributed by atoms with E-state index < -0.39 is 25.9 Å². The molecule has 0 aliphatic carbocycles. The Balaban J connectivity index is 4.17. The van der Waals surface area contributed by atoms with Crippen LogP contribution in [0.4, 0.5) is 0 Å². The van der Waals surface area contributed by atoms with Gasteiger partial charge in [0.05, 0.1) is 0 Å². The molecule has 0 rings (SSSR count). The fraction of sp³-hybridized carbons (Fsp3) is 1.00. The first-order valence-electron chi connectivity index (χ1n) is 4.84. The summed E-state index contributed by atoms with van der Waals surface area (Å²) >= 11 is 0. The van der Waals surface area contributed by atoms with E-state index in [4.69, 9.17) is 12.7 Å². The minimum absolute atomic E-state index is 1.04. The van der Waals surface area contributed by atoms with E-state index in [1.165, 1.54) is 0 Å². The highest BCUT2D eigenvalue weighted by Gasteiger charge is 2.31. The molecule has 0 aliphatic heterocycles. The van der Waals surface area contributed by atoms with Gasteiger partial charge in [0.2, 0.25) is 0 Å². The van der Waals surface area contributed by atoms with E-state index in [0.717, 1.165) is 5.67 Å². The topological polar surface area (TPSA) is 27.7 Å². The first-order valence-corrected chi connectivity index (χ1v) is 13.7. The van der Waals surface area contributed by atoms with E-state index in [-0.39, 0.29) is 0 Å². The van der Waals surface area contributed by atoms with Crippen molar-refractivity contribution in [3.63, 3.8) is 0 Å². The van der Waals surface area contributed by atoms with E-state index in [2.05, 4.69) is 32.7 Å². The number of hydrogen-bond acceptors (Lipinski definition) is 3. The van der Waals surface area contributed by atoms with Gasteiger partial charge in [-0.3, -0.25) is 0 Å². The average molecular weight is 268 g/mol. The van der Waals surface area contributed by atoms with Gasteiger partial charge in [0.25, 0.3) is 0 Å². The van der Waals surface area contributed by atoms with Gasteiger partial charge in [0.1, 0.15) is 0 Å². The zero-order valence-corrected chi connectivity index (χ0v) is 14.8. The number of rotatable bonds is 6. The quantitative estimate of drug-likeness (QED) is 0.673. The lowest BCUT2D eigenvalue weighted by Crippen LogP contribution is -2.43. The van der Waals surface area contributed by atoms with Crippen molar-refractivity contribution in [2.45, 2.75) is 38.4 Å². The summed E-state index contributed by atoms with van der Waals surface area (Å²) in [5, 5.41) is 0. The van der Waals surface area contributed by atoms with Crippen LogP contribution in [0.1, 0.15) is 0 Å². The summed E-state index contributed by atoms with van der Waals surface area (Å²) in [6.45, 7) is 11.0. The van der Waals surface area contributed by atoms with Crippen molar-refractivity contribution < 1.29 is 12.7 Å². The summed E-state index contributed by atoms with van der Waals surface area (Å²) in [5.41, 5.74) is 1.04. The molecule has 0 aromatic carbocycles. The Bertz CT molecular complexity index is 169. The van der Waals surface area contributed by atoms with Crippen molar-refractivity contribution in [1.82, 2.24) is 0 Å². The molecule has 0 heterocycles. The van der Waals surface area contributed by atoms with Gasteiger partial charge >= 0.3 is 9.28 Å². The van der Waals surface area contributed by atoms with Gasteiger partial charge in [-0.15, -0.1) is 0 Å². The molecule has 0 aliphatic rings. The molecule has 0 aromatic heterocycles. The van der Waals surface area contributed by atoms with Gasteiger partial charge in [0.15, 0.2) is 27.1 Å². The van der Waals surface area contributed by atoms with Crippen LogP contribution in [0.25, 0.3) is 0 Å². The minimum Gasteiger partial charge on any atom is -0.461 e. The molecule has 0 bridgehead atoms. The van der Waals surface area contributed by atoms with Gasteiger partial charge in [-0.05, 0) is 32.7 Å². The zero-order chi connectivity index (χ0) is 11.4. The van der Waals surface area contributed by atoms with Crippen LogP contribution in [0.3, 0.4) is 0 Å². The van der Waals surface area contributed by atoms with Crippen molar-refractivity contribution in [2.75, 3.05) is 7.11 Å². The molecule has 7 heteroatoms. The summed E-state index contributed by atoms with van der Waals surface area (Å²) in [6, 6.07) is 0. The van der Waals surface area contributed by atoms with Gasteiger partial charge in [-0.2, -0.15) is 0 Å². The van der Waals surface area contributed by atoms with Crippen LogP contribution >= 0.6 is 0 Å². The Kier molecular flexibility index (Phi) is 6.03. The molecule has 1 atom stereocenters. The van der Waals surface area contributed by atoms with Crippen LogP contribution in [-0.2, 0) is 12.7 Å². The second-order valence-corrected chi connectivity index (χ2v) is 17.8. The van der Waals surface area contributed by atoms with E-state index in [1.807, 2.05) is 0 Å². The van der Waals surface area contributed by atoms with Crippen LogP contribution in [0.5, 0.6) is 0 Å². The fourth-order valence-electron chi connectivity index (χ4n) is 1.03. The molecule has 3 nitrogen and oxygen atoms in total. The lowest BCUT2D eigenvalue weighted by Gasteiger charge is -2.29. The van der Waals surface area contributed by atoms with E-state index in [1.54, 1.807) is 17.6 Å². The summed E-state index contributed by atoms with van der Waals surface area (Å²) < 4.78 is 17.1. The second kappa shape index (κ2) is 5.73. The maximum absolute atomic E-state index is 6.04. The van der Waals surface area contributed by atoms with E-state index in [9.17, 15) is 0 Å². The highest BCUT2D eigenvalue weighted by Crippen LogP contribution is 2.16. The van der Waals surface area contributed by atoms with Crippen molar-refractivity contribution in [1.29, 1.82) is 0 Å². The van der Waals surface area contributed by atoms with Crippen LogP contribution in [0, 0.1) is 0 Å². The molecule has 0 spiro atoms. The summed E-state index contributed by atoms with van der Waals surface area (Å²) in [6.07, 6.45) is 0. The normalized spacial score (nSPS) is 15.6. The monoisotopic (exact) mass is 267 g/mol. The van der Waals surface area contributed by atoms with Gasteiger partial charge in [-0.25, -0.2) is 0 Å². The first kappa shape index (κ1) is 14.7. The molecule has 0 amide bonds. The second-order valence-electron chi connectivity index (χ2n) is 5.00. The molecular weight excluding hydrogens is 244 g/mol. The molecular formula is C7H23O3Si4. The smallest absolute Gasteiger partial charge is 0.310 e. The van der Waals surface area contributed by atoms with Crippen molar-refractivity contribution in [3.8, 4) is 0 Å². The molecule has 0 saturated carbocycles. The third-order valence-electron chi connectivity index (χ3n) is 1.80. The molecule has 0 N–H and O–H groups in total. The maximum atomic E-state index is 6.04. The molecule has 1 unspecified atom stereocenters. The Morgan fingerprint density at radius 1 is 1.14 bits per heavy atom. The number of hydrogen-bond donors (Lipinski definition) is 0. The third kappa shape index (κ3) is 7.09. The molecule has 0 aromatic rings. The largest absolute Gasteiger partial charge is 0.461 e. The van der Waals surface area contributed by atoms with Gasteiger partial charge < -0.3 is 12.7 Å². The summed E-state index contributed by atoms with van der Waals surface area (Å²) in [5.74, 6) is 0. The first-order chi connectivity index (χ1) is 6.20. The van der Waals surface area contributed by atoms with Crippen molar-refractivity contribution >= 4 is 36.4 Å². The Morgan fingerprint density at radius 3 is 1.93 bits per heavy atom. The third-order valence-corrected chi connectivity index (χ3v) is 14.6. The molecule has 1 radical (unpaired) electrons. The highest BCUT2D eigenvalue weighted by atomic mass is 28.4. The molecule has 85 valence electrons. The van der Waals surface area contributed by atoms with Crippen molar-refractivity contribution in [2.24, 2.45) is 0 Å². The standard InChI is InChI=1S/C7H23O3Si4/c1-8-12(10-13(2,3)4)7-14(5,6)9-11/h12H,7,11H2,1-6H3. The Labute approximate surface area is 94.8 Å². The summed E-state index contributed by atoms with van der Waals surface area (Å²) in [4.78, 5) is 0. The average Bonchev–Trinajstić information content (AvgIpc) is 2.00. The maximum Gasteiger partial charge on any atom is 0.310 e. The highest BCUT2D eigenvalue weighted by molar-refractivity contribution is 6.85. The van der Waals surface area contributed by atoms with Crippen LogP contribution in [0.15, 0.2) is 0 Å². The van der Waals surface area contributed by atoms with Crippen molar-refractivity contribution in [3.05, 3.63) is 0 Å². The predicted molar refractivity (Wildman–Crippen MR) is 70.5 cm³/mol. The predicted octanol–water partition coefficient (Wildman–Crippen LogP) is 1.01. The molecule has 0 fully saturated rings. The van der Waals surface area contributed by atoms with E-state index in [0.29, 0.717) is 0 Å². The molecule has 14 heavy (non-hydrogen) atoms. The molecule has 0 saturated heterocycles. The van der Waals surface area contributed by atoms with E-state index >= 15 is 0 Å². The fourth-order valence-corrected chi connectivity index (χ4v) is 11.1. The van der Waals surface area contributed by atoms with Gasteiger partial charge in [0, 0.05) is 12.8 Å².